The number of aromatic nitrogens is 4. The Balaban J connectivity index is 2.33. The molecule has 0 aliphatic rings. The molecule has 3 rings (SSSR count). The number of hydrogen-bond donors (Lipinski definition) is 1. The van der Waals surface area contributed by atoms with Gasteiger partial charge in [0.2, 0.25) is 15.0 Å². The lowest BCUT2D eigenvalue weighted by Gasteiger charge is -2.11. The van der Waals surface area contributed by atoms with Crippen LogP contribution < -0.4 is 11.2 Å². The molecule has 0 aliphatic carbocycles. The van der Waals surface area contributed by atoms with Crippen molar-refractivity contribution < 1.29 is 13.5 Å². The molecule has 2 heterocycles. The molecule has 0 saturated carbocycles. The van der Waals surface area contributed by atoms with Crippen molar-refractivity contribution in [2.45, 2.75) is 44.4 Å². The number of imidazole rings is 1. The molecule has 0 bridgehead atoms. The molecule has 0 spiro atoms. The van der Waals surface area contributed by atoms with Crippen LogP contribution in [0.25, 0.3) is 11.2 Å². The molecule has 0 aliphatic heterocycles. The Bertz CT molecular complexity index is 1310. The van der Waals surface area contributed by atoms with Gasteiger partial charge in [-0.15, -0.1) is 0 Å². The number of rotatable bonds is 9. The smallest absolute Gasteiger partial charge is 0.332 e. The van der Waals surface area contributed by atoms with E-state index >= 15 is 0 Å². The van der Waals surface area contributed by atoms with Gasteiger partial charge in [0.25, 0.3) is 5.56 Å². The van der Waals surface area contributed by atoms with Gasteiger partial charge in [-0.25, -0.2) is 13.2 Å². The van der Waals surface area contributed by atoms with Crippen LogP contribution in [-0.4, -0.2) is 44.6 Å². The first kappa shape index (κ1) is 23.2. The third kappa shape index (κ3) is 4.60. The number of halogens is 1. The number of sulfone groups is 1. The van der Waals surface area contributed by atoms with Gasteiger partial charge in [0.05, 0.1) is 12.3 Å². The summed E-state index contributed by atoms with van der Waals surface area (Å²) in [7, 11) is -2.35. The van der Waals surface area contributed by atoms with E-state index < -0.39 is 21.1 Å². The molecule has 11 heteroatoms. The Morgan fingerprint density at radius 1 is 1.10 bits per heavy atom. The molecule has 3 aromatic rings. The molecule has 168 valence electrons. The first-order chi connectivity index (χ1) is 14.7. The Morgan fingerprint density at radius 2 is 1.77 bits per heavy atom. The number of aryl methyl sites for hydroxylation is 1. The van der Waals surface area contributed by atoms with Crippen molar-refractivity contribution in [3.63, 3.8) is 0 Å². The average Bonchev–Trinajstić information content (AvgIpc) is 3.13. The molecule has 31 heavy (non-hydrogen) atoms. The van der Waals surface area contributed by atoms with Gasteiger partial charge >= 0.3 is 5.69 Å². The minimum atomic E-state index is -3.80. The summed E-state index contributed by atoms with van der Waals surface area (Å²) in [5.74, 6) is -0.111. The molecule has 0 saturated heterocycles. The van der Waals surface area contributed by atoms with Crippen LogP contribution in [0, 0.1) is 0 Å². The first-order valence-electron chi connectivity index (χ1n) is 9.99. The predicted octanol–water partition coefficient (Wildman–Crippen LogP) is 1.55. The van der Waals surface area contributed by atoms with Gasteiger partial charge in [-0.1, -0.05) is 37.1 Å². The highest BCUT2D eigenvalue weighted by Gasteiger charge is 2.27. The van der Waals surface area contributed by atoms with Gasteiger partial charge in [0.15, 0.2) is 11.2 Å². The van der Waals surface area contributed by atoms with E-state index in [4.69, 9.17) is 16.7 Å². The third-order valence-electron chi connectivity index (χ3n) is 5.04. The van der Waals surface area contributed by atoms with E-state index in [2.05, 4.69) is 4.98 Å². The summed E-state index contributed by atoms with van der Waals surface area (Å²) in [4.78, 5) is 30.1. The van der Waals surface area contributed by atoms with E-state index in [0.717, 1.165) is 10.1 Å². The van der Waals surface area contributed by atoms with E-state index in [1.54, 1.807) is 24.3 Å². The van der Waals surface area contributed by atoms with Crippen molar-refractivity contribution in [1.82, 2.24) is 18.7 Å². The normalized spacial score (nSPS) is 12.0. The first-order valence-corrected chi connectivity index (χ1v) is 12.0. The topological polar surface area (TPSA) is 116 Å². The van der Waals surface area contributed by atoms with Gasteiger partial charge in [0.1, 0.15) is 0 Å². The number of unbranched alkanes of at least 4 members (excludes halogenated alkanes) is 1. The highest BCUT2D eigenvalue weighted by molar-refractivity contribution is 7.91. The zero-order valence-electron chi connectivity index (χ0n) is 17.4. The van der Waals surface area contributed by atoms with Crippen LogP contribution in [0.3, 0.4) is 0 Å². The fourth-order valence-electron chi connectivity index (χ4n) is 3.36. The summed E-state index contributed by atoms with van der Waals surface area (Å²) in [6.07, 6.45) is 1.35. The second-order valence-corrected chi connectivity index (χ2v) is 9.77. The quantitative estimate of drug-likeness (QED) is 0.509. The molecule has 0 unspecified atom stereocenters. The lowest BCUT2D eigenvalue weighted by Crippen LogP contribution is -2.40. The Kier molecular flexibility index (Phi) is 7.03. The minimum Gasteiger partial charge on any atom is -0.396 e. The van der Waals surface area contributed by atoms with Gasteiger partial charge in [-0.2, -0.15) is 4.98 Å². The van der Waals surface area contributed by atoms with Gasteiger partial charge < -0.3 is 9.67 Å². The number of aliphatic hydroxyl groups is 1. The Hall–Kier alpha value is -2.43. The van der Waals surface area contributed by atoms with Crippen LogP contribution in [0.2, 0.25) is 5.02 Å². The fraction of sp³-hybridized carbons (Fsp3) is 0.450. The lowest BCUT2D eigenvalue weighted by atomic mass is 10.2. The zero-order valence-corrected chi connectivity index (χ0v) is 19.0. The van der Waals surface area contributed by atoms with Crippen molar-refractivity contribution in [3.8, 4) is 0 Å². The van der Waals surface area contributed by atoms with Gasteiger partial charge in [0, 0.05) is 25.2 Å². The van der Waals surface area contributed by atoms with E-state index in [1.165, 1.54) is 16.2 Å². The van der Waals surface area contributed by atoms with Crippen LogP contribution in [0.5, 0.6) is 0 Å². The van der Waals surface area contributed by atoms with Gasteiger partial charge in [-0.3, -0.25) is 13.9 Å². The number of aliphatic hydroxyl groups excluding tert-OH is 1. The van der Waals surface area contributed by atoms with E-state index in [-0.39, 0.29) is 48.2 Å². The molecule has 1 N–H and O–H groups in total. The summed E-state index contributed by atoms with van der Waals surface area (Å²) in [5, 5.41) is 9.42. The highest BCUT2D eigenvalue weighted by Crippen LogP contribution is 2.21. The maximum absolute atomic E-state index is 13.2. The molecule has 0 fully saturated rings. The summed E-state index contributed by atoms with van der Waals surface area (Å²) >= 11 is 5.96. The Labute approximate surface area is 184 Å². The van der Waals surface area contributed by atoms with Crippen LogP contribution in [0.1, 0.15) is 31.7 Å². The molecular weight excluding hydrogens is 444 g/mol. The third-order valence-corrected chi connectivity index (χ3v) is 6.98. The Morgan fingerprint density at radius 3 is 2.39 bits per heavy atom. The number of fused-ring (bicyclic) bond motifs is 1. The second kappa shape index (κ2) is 9.37. The molecule has 0 atom stereocenters. The van der Waals surface area contributed by atoms with E-state index in [0.29, 0.717) is 17.9 Å². The van der Waals surface area contributed by atoms with Crippen molar-refractivity contribution in [2.24, 2.45) is 7.05 Å². The van der Waals surface area contributed by atoms with Gasteiger partial charge in [-0.05, 0) is 30.5 Å². The molecule has 9 nitrogen and oxygen atoms in total. The maximum atomic E-state index is 13.2. The molecular formula is C20H25ClN4O5S. The molecule has 0 radical (unpaired) electrons. The van der Waals surface area contributed by atoms with Crippen molar-refractivity contribution in [2.75, 3.05) is 12.4 Å². The molecule has 1 aromatic carbocycles. The summed E-state index contributed by atoms with van der Waals surface area (Å²) in [5.41, 5.74) is -0.472. The number of benzene rings is 1. The van der Waals surface area contributed by atoms with Crippen molar-refractivity contribution in [1.29, 1.82) is 0 Å². The van der Waals surface area contributed by atoms with Crippen LogP contribution in [-0.2, 0) is 30.0 Å². The number of nitrogens with zero attached hydrogens (tertiary/aromatic N) is 4. The predicted molar refractivity (Wildman–Crippen MR) is 118 cm³/mol. The number of hydrogen-bond acceptors (Lipinski definition) is 6. The monoisotopic (exact) mass is 468 g/mol. The van der Waals surface area contributed by atoms with E-state index in [9.17, 15) is 18.0 Å². The summed E-state index contributed by atoms with van der Waals surface area (Å²) in [6.45, 7) is 1.79. The van der Waals surface area contributed by atoms with Crippen LogP contribution in [0.4, 0.5) is 0 Å². The molecule has 2 aromatic heterocycles. The average molecular weight is 469 g/mol. The van der Waals surface area contributed by atoms with Crippen molar-refractivity contribution >= 4 is 32.6 Å². The second-order valence-electron chi connectivity index (χ2n) is 7.33. The largest absolute Gasteiger partial charge is 0.396 e. The zero-order chi connectivity index (χ0) is 22.8. The molecule has 0 amide bonds. The standard InChI is InChI=1S/C20H25ClN4O5S/c1-3-4-12-31(29,30)19-22-17-16(25(19)13-14-6-8-15(21)9-7-14)18(27)24(10-5-11-26)20(28)23(17)2/h6-9,26H,3-5,10-13H2,1-2H3. The summed E-state index contributed by atoms with van der Waals surface area (Å²) in [6, 6.07) is 6.83. The fourth-order valence-corrected chi connectivity index (χ4v) is 5.05. The van der Waals surface area contributed by atoms with Crippen LogP contribution in [0.15, 0.2) is 39.0 Å². The van der Waals surface area contributed by atoms with Crippen LogP contribution >= 0.6 is 11.6 Å². The van der Waals surface area contributed by atoms with Crippen molar-refractivity contribution in [3.05, 3.63) is 55.7 Å². The SMILES string of the molecule is CCCCS(=O)(=O)c1nc2c(c(=O)n(CCCO)c(=O)n2C)n1Cc1ccc(Cl)cc1. The lowest BCUT2D eigenvalue weighted by molar-refractivity contribution is 0.277. The van der Waals surface area contributed by atoms with E-state index in [1.807, 2.05) is 6.92 Å². The highest BCUT2D eigenvalue weighted by atomic mass is 35.5. The minimum absolute atomic E-state index is 0.0132. The maximum Gasteiger partial charge on any atom is 0.332 e. The summed E-state index contributed by atoms with van der Waals surface area (Å²) < 4.78 is 29.6.